The standard InChI is InChI=1S/C27H25N3O3S/c1-33-19-11-7-17(8-12-19)15-16-30-26(18-9-13-20(34-2)14-10-18)23-24(28-29-25(23)27(30)32)21-5-3-4-6-22(21)31/h3-14,26,31H,15-16H2,1-2H3,(H,28,29). The van der Waals surface area contributed by atoms with Crippen molar-refractivity contribution >= 4 is 17.7 Å². The molecule has 2 heterocycles. The summed E-state index contributed by atoms with van der Waals surface area (Å²) < 4.78 is 5.26. The quantitative estimate of drug-likeness (QED) is 0.358. The van der Waals surface area contributed by atoms with Crippen LogP contribution in [0.4, 0.5) is 0 Å². The van der Waals surface area contributed by atoms with Crippen LogP contribution in [0.5, 0.6) is 11.5 Å². The molecule has 0 radical (unpaired) electrons. The molecule has 1 aromatic heterocycles. The van der Waals surface area contributed by atoms with Crippen LogP contribution in [0.3, 0.4) is 0 Å². The summed E-state index contributed by atoms with van der Waals surface area (Å²) in [5, 5.41) is 17.9. The second kappa shape index (κ2) is 9.27. The number of carbonyl (C=O) groups excluding carboxylic acids is 1. The Morgan fingerprint density at radius 3 is 2.47 bits per heavy atom. The van der Waals surface area contributed by atoms with Gasteiger partial charge in [-0.15, -0.1) is 11.8 Å². The second-order valence-electron chi connectivity index (χ2n) is 8.15. The van der Waals surface area contributed by atoms with E-state index in [4.69, 9.17) is 4.74 Å². The van der Waals surface area contributed by atoms with Crippen molar-refractivity contribution in [1.29, 1.82) is 0 Å². The maximum absolute atomic E-state index is 13.5. The molecule has 1 aliphatic heterocycles. The van der Waals surface area contributed by atoms with Crippen molar-refractivity contribution < 1.29 is 14.6 Å². The maximum Gasteiger partial charge on any atom is 0.273 e. The van der Waals surface area contributed by atoms with Crippen LogP contribution in [0.25, 0.3) is 11.3 Å². The molecule has 1 amide bonds. The van der Waals surface area contributed by atoms with Crippen LogP contribution >= 0.6 is 11.8 Å². The number of ether oxygens (including phenoxy) is 1. The molecule has 0 spiro atoms. The van der Waals surface area contributed by atoms with Crippen LogP contribution in [-0.4, -0.2) is 46.0 Å². The molecule has 2 N–H and O–H groups in total. The molecule has 0 aliphatic carbocycles. The molecule has 3 aromatic carbocycles. The van der Waals surface area contributed by atoms with Crippen molar-refractivity contribution in [2.45, 2.75) is 17.4 Å². The summed E-state index contributed by atoms with van der Waals surface area (Å²) in [6.45, 7) is 0.544. The third kappa shape index (κ3) is 3.92. The van der Waals surface area contributed by atoms with Gasteiger partial charge in [0.25, 0.3) is 5.91 Å². The van der Waals surface area contributed by atoms with Gasteiger partial charge in [-0.2, -0.15) is 5.10 Å². The molecule has 4 aromatic rings. The van der Waals surface area contributed by atoms with E-state index in [9.17, 15) is 9.90 Å². The van der Waals surface area contributed by atoms with Gasteiger partial charge < -0.3 is 14.7 Å². The number of H-pyrrole nitrogens is 1. The van der Waals surface area contributed by atoms with Crippen molar-refractivity contribution in [3.63, 3.8) is 0 Å². The van der Waals surface area contributed by atoms with E-state index in [0.29, 0.717) is 29.9 Å². The highest BCUT2D eigenvalue weighted by molar-refractivity contribution is 7.98. The molecule has 1 unspecified atom stereocenters. The van der Waals surface area contributed by atoms with E-state index in [2.05, 4.69) is 34.5 Å². The molecule has 6 nitrogen and oxygen atoms in total. The number of aromatic hydroxyl groups is 1. The monoisotopic (exact) mass is 471 g/mol. The predicted molar refractivity (Wildman–Crippen MR) is 133 cm³/mol. The Morgan fingerprint density at radius 1 is 1.06 bits per heavy atom. The Morgan fingerprint density at radius 2 is 1.79 bits per heavy atom. The van der Waals surface area contributed by atoms with Crippen LogP contribution < -0.4 is 4.74 Å². The molecular weight excluding hydrogens is 446 g/mol. The van der Waals surface area contributed by atoms with Crippen molar-refractivity contribution in [2.24, 2.45) is 0 Å². The van der Waals surface area contributed by atoms with E-state index in [1.165, 1.54) is 0 Å². The fraction of sp³-hybridized carbons (Fsp3) is 0.185. The van der Waals surface area contributed by atoms with Crippen LogP contribution in [0.1, 0.15) is 33.2 Å². The normalized spacial score (nSPS) is 14.9. The number of fused-ring (bicyclic) bond motifs is 1. The number of phenols is 1. The van der Waals surface area contributed by atoms with Crippen LogP contribution in [-0.2, 0) is 6.42 Å². The highest BCUT2D eigenvalue weighted by Gasteiger charge is 2.42. The molecule has 0 fully saturated rings. The summed E-state index contributed by atoms with van der Waals surface area (Å²) >= 11 is 1.68. The SMILES string of the molecule is COc1ccc(CCN2C(=O)c3[nH]nc(-c4ccccc4O)c3C2c2ccc(SC)cc2)cc1. The second-order valence-corrected chi connectivity index (χ2v) is 9.03. The molecule has 5 rings (SSSR count). The zero-order chi connectivity index (χ0) is 23.7. The van der Waals surface area contributed by atoms with Gasteiger partial charge in [-0.25, -0.2) is 0 Å². The number of benzene rings is 3. The Kier molecular flexibility index (Phi) is 6.02. The molecule has 172 valence electrons. The minimum atomic E-state index is -0.301. The van der Waals surface area contributed by atoms with E-state index in [1.807, 2.05) is 47.6 Å². The first kappa shape index (κ1) is 22.1. The Labute approximate surface area is 202 Å². The van der Waals surface area contributed by atoms with Crippen molar-refractivity contribution in [3.8, 4) is 22.8 Å². The lowest BCUT2D eigenvalue weighted by Crippen LogP contribution is -2.31. The number of rotatable bonds is 7. The van der Waals surface area contributed by atoms with Crippen LogP contribution in [0.2, 0.25) is 0 Å². The third-order valence-corrected chi connectivity index (χ3v) is 7.00. The molecule has 0 saturated carbocycles. The summed E-state index contributed by atoms with van der Waals surface area (Å²) in [4.78, 5) is 16.6. The number of aromatic nitrogens is 2. The Balaban J connectivity index is 1.54. The number of phenolic OH excluding ortho intramolecular Hbond substituents is 1. The Hall–Kier alpha value is -3.71. The average molecular weight is 472 g/mol. The maximum atomic E-state index is 13.5. The highest BCUT2D eigenvalue weighted by Crippen LogP contribution is 2.44. The van der Waals surface area contributed by atoms with Crippen LogP contribution in [0.15, 0.2) is 77.7 Å². The van der Waals surface area contributed by atoms with Gasteiger partial charge in [-0.3, -0.25) is 9.89 Å². The fourth-order valence-corrected chi connectivity index (χ4v) is 4.89. The van der Waals surface area contributed by atoms with E-state index >= 15 is 0 Å². The first-order valence-corrected chi connectivity index (χ1v) is 12.3. The molecule has 0 bridgehead atoms. The number of methoxy groups -OCH3 is 1. The Bertz CT molecular complexity index is 1320. The van der Waals surface area contributed by atoms with E-state index in [1.54, 1.807) is 31.0 Å². The minimum Gasteiger partial charge on any atom is -0.507 e. The molecule has 1 atom stereocenters. The summed E-state index contributed by atoms with van der Waals surface area (Å²) in [6.07, 6.45) is 2.75. The third-order valence-electron chi connectivity index (χ3n) is 6.25. The first-order chi connectivity index (χ1) is 16.6. The van der Waals surface area contributed by atoms with Gasteiger partial charge in [-0.1, -0.05) is 36.4 Å². The van der Waals surface area contributed by atoms with Gasteiger partial charge >= 0.3 is 0 Å². The summed E-state index contributed by atoms with van der Waals surface area (Å²) in [6, 6.07) is 23.0. The van der Waals surface area contributed by atoms with Gasteiger partial charge in [0.15, 0.2) is 0 Å². The number of thioether (sulfide) groups is 1. The van der Waals surface area contributed by atoms with Crippen molar-refractivity contribution in [1.82, 2.24) is 15.1 Å². The molecule has 0 saturated heterocycles. The zero-order valence-electron chi connectivity index (χ0n) is 19.0. The van der Waals surface area contributed by atoms with Gasteiger partial charge in [0.2, 0.25) is 0 Å². The van der Waals surface area contributed by atoms with E-state index in [-0.39, 0.29) is 17.7 Å². The smallest absolute Gasteiger partial charge is 0.273 e. The molecular formula is C27H25N3O3S. The number of carbonyl (C=O) groups is 1. The number of amides is 1. The minimum absolute atomic E-state index is 0.0865. The molecule has 1 aliphatic rings. The van der Waals surface area contributed by atoms with Crippen molar-refractivity contribution in [3.05, 3.63) is 95.2 Å². The number of hydrogen-bond acceptors (Lipinski definition) is 5. The first-order valence-electron chi connectivity index (χ1n) is 11.0. The van der Waals surface area contributed by atoms with Gasteiger partial charge in [-0.05, 0) is 60.2 Å². The predicted octanol–water partition coefficient (Wildman–Crippen LogP) is 5.30. The molecule has 34 heavy (non-hydrogen) atoms. The van der Waals surface area contributed by atoms with Gasteiger partial charge in [0.1, 0.15) is 22.9 Å². The number of nitrogens with zero attached hydrogens (tertiary/aromatic N) is 2. The fourth-order valence-electron chi connectivity index (χ4n) is 4.48. The number of para-hydroxylation sites is 1. The average Bonchev–Trinajstić information content (AvgIpc) is 3.42. The highest BCUT2D eigenvalue weighted by atomic mass is 32.2. The number of aromatic amines is 1. The summed E-state index contributed by atoms with van der Waals surface area (Å²) in [5.41, 5.74) is 4.63. The lowest BCUT2D eigenvalue weighted by molar-refractivity contribution is 0.0746. The largest absolute Gasteiger partial charge is 0.507 e. The summed E-state index contributed by atoms with van der Waals surface area (Å²) in [7, 11) is 1.65. The zero-order valence-corrected chi connectivity index (χ0v) is 19.8. The summed E-state index contributed by atoms with van der Waals surface area (Å²) in [5.74, 6) is 0.857. The van der Waals surface area contributed by atoms with Gasteiger partial charge in [0, 0.05) is 22.6 Å². The lowest BCUT2D eigenvalue weighted by Gasteiger charge is -2.26. The number of hydrogen-bond donors (Lipinski definition) is 2. The van der Waals surface area contributed by atoms with Crippen molar-refractivity contribution in [2.75, 3.05) is 19.9 Å². The van der Waals surface area contributed by atoms with E-state index in [0.717, 1.165) is 27.3 Å². The molecule has 7 heteroatoms. The number of nitrogens with one attached hydrogen (secondary N) is 1. The van der Waals surface area contributed by atoms with E-state index < -0.39 is 0 Å². The topological polar surface area (TPSA) is 78.5 Å². The lowest BCUT2D eigenvalue weighted by atomic mass is 9.95. The van der Waals surface area contributed by atoms with Crippen LogP contribution in [0, 0.1) is 0 Å². The van der Waals surface area contributed by atoms with Gasteiger partial charge in [0.05, 0.1) is 13.2 Å².